The fourth-order valence-electron chi connectivity index (χ4n) is 4.17. The Morgan fingerprint density at radius 3 is 1.62 bits per heavy atom. The smallest absolute Gasteiger partial charge is 0.331 e. The minimum atomic E-state index is -1.18. The van der Waals surface area contributed by atoms with E-state index in [9.17, 15) is 9.59 Å². The number of rotatable bonds is 23. The van der Waals surface area contributed by atoms with Crippen LogP contribution in [0.15, 0.2) is 24.8 Å². The lowest BCUT2D eigenvalue weighted by molar-refractivity contribution is -0.164. The standard InChI is InChI=1S/C28H51NO3/c1-4-7-8-9-10-11-12-13-14-15-16-17-18-19-20-21-22-23-25-28(24-5-2,27(29)31)32-26(30)6-3/h6,13-14H,3-5,7-12,15-25H2,1-2H3,(H2,29,31)/b14-13-. The van der Waals surface area contributed by atoms with Gasteiger partial charge in [0, 0.05) is 6.08 Å². The molecule has 0 spiro atoms. The van der Waals surface area contributed by atoms with Crippen molar-refractivity contribution in [3.05, 3.63) is 24.8 Å². The summed E-state index contributed by atoms with van der Waals surface area (Å²) in [6.45, 7) is 7.65. The van der Waals surface area contributed by atoms with Crippen LogP contribution in [0.5, 0.6) is 0 Å². The number of hydrogen-bond donors (Lipinski definition) is 1. The molecule has 0 aliphatic carbocycles. The summed E-state index contributed by atoms with van der Waals surface area (Å²) in [6, 6.07) is 0. The Labute approximate surface area is 198 Å². The molecule has 2 N–H and O–H groups in total. The van der Waals surface area contributed by atoms with Gasteiger partial charge in [-0.05, 0) is 44.9 Å². The molecule has 0 fully saturated rings. The highest BCUT2D eigenvalue weighted by atomic mass is 16.6. The summed E-state index contributed by atoms with van der Waals surface area (Å²) in [5.74, 6) is -1.12. The first-order valence-electron chi connectivity index (χ1n) is 13.3. The lowest BCUT2D eigenvalue weighted by atomic mass is 9.90. The first kappa shape index (κ1) is 30.4. The maximum atomic E-state index is 12.0. The molecular weight excluding hydrogens is 398 g/mol. The van der Waals surface area contributed by atoms with E-state index in [1.807, 2.05) is 6.92 Å². The van der Waals surface area contributed by atoms with Crippen LogP contribution in [0.25, 0.3) is 0 Å². The average Bonchev–Trinajstić information content (AvgIpc) is 2.78. The molecule has 0 aromatic rings. The van der Waals surface area contributed by atoms with Crippen LogP contribution in [0, 0.1) is 0 Å². The van der Waals surface area contributed by atoms with Crippen LogP contribution in [0.3, 0.4) is 0 Å². The number of carbonyl (C=O) groups excluding carboxylic acids is 2. The van der Waals surface area contributed by atoms with E-state index < -0.39 is 17.5 Å². The number of ether oxygens (including phenoxy) is 1. The molecule has 0 rings (SSSR count). The molecule has 0 bridgehead atoms. The molecule has 0 aromatic carbocycles. The summed E-state index contributed by atoms with van der Waals surface area (Å²) in [5, 5.41) is 0. The Morgan fingerprint density at radius 1 is 0.719 bits per heavy atom. The number of nitrogens with two attached hydrogens (primary N) is 1. The SMILES string of the molecule is C=CC(=O)OC(CCC)(CCCCCCCCCC/C=C\CCCCCCCC)C(N)=O. The van der Waals surface area contributed by atoms with Crippen molar-refractivity contribution in [1.29, 1.82) is 0 Å². The Bertz CT molecular complexity index is 515. The molecule has 32 heavy (non-hydrogen) atoms. The van der Waals surface area contributed by atoms with Gasteiger partial charge < -0.3 is 10.5 Å². The number of hydrogen-bond acceptors (Lipinski definition) is 3. The van der Waals surface area contributed by atoms with E-state index in [4.69, 9.17) is 10.5 Å². The Kier molecular flexibility index (Phi) is 20.2. The molecule has 0 saturated heterocycles. The van der Waals surface area contributed by atoms with Crippen LogP contribution in [0.2, 0.25) is 0 Å². The van der Waals surface area contributed by atoms with Crippen molar-refractivity contribution < 1.29 is 14.3 Å². The summed E-state index contributed by atoms with van der Waals surface area (Å²) in [5.41, 5.74) is 4.40. The van der Waals surface area contributed by atoms with Gasteiger partial charge in [0.15, 0.2) is 5.60 Å². The molecule has 1 unspecified atom stereocenters. The van der Waals surface area contributed by atoms with Gasteiger partial charge in [-0.1, -0.05) is 110 Å². The molecule has 1 amide bonds. The quantitative estimate of drug-likeness (QED) is 0.0744. The second-order valence-corrected chi connectivity index (χ2v) is 9.13. The van der Waals surface area contributed by atoms with Crippen LogP contribution >= 0.6 is 0 Å². The average molecular weight is 450 g/mol. The van der Waals surface area contributed by atoms with Crippen molar-refractivity contribution in [3.63, 3.8) is 0 Å². The van der Waals surface area contributed by atoms with Crippen LogP contribution in [-0.4, -0.2) is 17.5 Å². The van der Waals surface area contributed by atoms with Gasteiger partial charge in [-0.25, -0.2) is 4.79 Å². The van der Waals surface area contributed by atoms with Gasteiger partial charge in [0.1, 0.15) is 0 Å². The zero-order valence-electron chi connectivity index (χ0n) is 21.2. The van der Waals surface area contributed by atoms with Crippen molar-refractivity contribution in [1.82, 2.24) is 0 Å². The monoisotopic (exact) mass is 449 g/mol. The maximum Gasteiger partial charge on any atom is 0.331 e. The summed E-state index contributed by atoms with van der Waals surface area (Å²) in [4.78, 5) is 23.6. The highest BCUT2D eigenvalue weighted by Crippen LogP contribution is 2.26. The second kappa shape index (κ2) is 21.3. The van der Waals surface area contributed by atoms with Crippen molar-refractivity contribution in [2.24, 2.45) is 5.73 Å². The highest BCUT2D eigenvalue weighted by molar-refractivity contribution is 5.89. The number of allylic oxidation sites excluding steroid dienone is 2. The first-order chi connectivity index (χ1) is 15.5. The third kappa shape index (κ3) is 16.1. The van der Waals surface area contributed by atoms with Crippen LogP contribution in [0.4, 0.5) is 0 Å². The van der Waals surface area contributed by atoms with Gasteiger partial charge in [-0.15, -0.1) is 0 Å². The zero-order valence-corrected chi connectivity index (χ0v) is 21.2. The van der Waals surface area contributed by atoms with Gasteiger partial charge in [-0.2, -0.15) is 0 Å². The lowest BCUT2D eigenvalue weighted by Crippen LogP contribution is -2.47. The molecule has 0 aliphatic rings. The fraction of sp³-hybridized carbons (Fsp3) is 0.786. The summed E-state index contributed by atoms with van der Waals surface area (Å²) >= 11 is 0. The normalized spacial score (nSPS) is 13.2. The summed E-state index contributed by atoms with van der Waals surface area (Å²) in [6.07, 6.45) is 27.6. The van der Waals surface area contributed by atoms with Crippen LogP contribution in [0.1, 0.15) is 136 Å². The van der Waals surface area contributed by atoms with E-state index in [1.54, 1.807) is 0 Å². The first-order valence-corrected chi connectivity index (χ1v) is 13.3. The van der Waals surface area contributed by atoms with E-state index in [0.29, 0.717) is 12.8 Å². The van der Waals surface area contributed by atoms with Gasteiger partial charge in [0.2, 0.25) is 0 Å². The molecule has 0 saturated carbocycles. The Morgan fingerprint density at radius 2 is 1.19 bits per heavy atom. The molecule has 186 valence electrons. The van der Waals surface area contributed by atoms with Crippen molar-refractivity contribution in [3.8, 4) is 0 Å². The molecule has 0 aliphatic heterocycles. The molecule has 0 heterocycles. The topological polar surface area (TPSA) is 69.4 Å². The predicted molar refractivity (Wildman–Crippen MR) is 136 cm³/mol. The van der Waals surface area contributed by atoms with E-state index in [1.165, 1.54) is 83.5 Å². The molecular formula is C28H51NO3. The summed E-state index contributed by atoms with van der Waals surface area (Å²) in [7, 11) is 0. The highest BCUT2D eigenvalue weighted by Gasteiger charge is 2.38. The second-order valence-electron chi connectivity index (χ2n) is 9.13. The van der Waals surface area contributed by atoms with Gasteiger partial charge in [0.05, 0.1) is 0 Å². The van der Waals surface area contributed by atoms with Crippen molar-refractivity contribution in [2.45, 2.75) is 141 Å². The van der Waals surface area contributed by atoms with E-state index in [-0.39, 0.29) is 0 Å². The molecule has 4 heteroatoms. The lowest BCUT2D eigenvalue weighted by Gasteiger charge is -2.29. The van der Waals surface area contributed by atoms with Crippen LogP contribution < -0.4 is 5.73 Å². The number of primary amides is 1. The number of amides is 1. The van der Waals surface area contributed by atoms with Crippen molar-refractivity contribution in [2.75, 3.05) is 0 Å². The number of esters is 1. The van der Waals surface area contributed by atoms with E-state index in [2.05, 4.69) is 25.7 Å². The number of carbonyl (C=O) groups is 2. The van der Waals surface area contributed by atoms with Gasteiger partial charge >= 0.3 is 5.97 Å². The third-order valence-corrected chi connectivity index (χ3v) is 6.16. The maximum absolute atomic E-state index is 12.0. The van der Waals surface area contributed by atoms with E-state index in [0.717, 1.165) is 31.8 Å². The number of unbranched alkanes of at least 4 members (excludes halogenated alkanes) is 14. The summed E-state index contributed by atoms with van der Waals surface area (Å²) < 4.78 is 5.39. The Hall–Kier alpha value is -1.58. The molecule has 4 nitrogen and oxygen atoms in total. The third-order valence-electron chi connectivity index (χ3n) is 6.16. The Balaban J connectivity index is 3.71. The fourth-order valence-corrected chi connectivity index (χ4v) is 4.17. The van der Waals surface area contributed by atoms with Crippen molar-refractivity contribution >= 4 is 11.9 Å². The molecule has 0 aromatic heterocycles. The minimum absolute atomic E-state index is 0.468. The molecule has 1 atom stereocenters. The largest absolute Gasteiger partial charge is 0.446 e. The van der Waals surface area contributed by atoms with Crippen LogP contribution in [-0.2, 0) is 14.3 Å². The predicted octanol–water partition coefficient (Wildman–Crippen LogP) is 7.95. The molecule has 0 radical (unpaired) electrons. The van der Waals surface area contributed by atoms with E-state index >= 15 is 0 Å². The minimum Gasteiger partial charge on any atom is -0.446 e. The van der Waals surface area contributed by atoms with Gasteiger partial charge in [0.25, 0.3) is 5.91 Å². The van der Waals surface area contributed by atoms with Gasteiger partial charge in [-0.3, -0.25) is 4.79 Å². The zero-order chi connectivity index (χ0) is 23.9.